The zero-order valence-corrected chi connectivity index (χ0v) is 14.0. The van der Waals surface area contributed by atoms with Crippen molar-refractivity contribution in [3.05, 3.63) is 35.2 Å². The fraction of sp³-hybridized carbons (Fsp3) is 0.357. The zero-order valence-electron chi connectivity index (χ0n) is 12.5. The molecule has 0 bridgehead atoms. The number of rotatable bonds is 7. The van der Waals surface area contributed by atoms with Crippen molar-refractivity contribution in [3.8, 4) is 11.4 Å². The zero-order chi connectivity index (χ0) is 16.9. The molecule has 1 aromatic carbocycles. The van der Waals surface area contributed by atoms with Gasteiger partial charge in [-0.2, -0.15) is 4.98 Å². The van der Waals surface area contributed by atoms with Crippen LogP contribution in [0.3, 0.4) is 0 Å². The molecule has 2 aromatic rings. The van der Waals surface area contributed by atoms with Crippen LogP contribution in [-0.2, 0) is 11.2 Å². The first-order valence-electron chi connectivity index (χ1n) is 6.83. The molecule has 0 spiro atoms. The second kappa shape index (κ2) is 8.91. The molecule has 132 valence electrons. The minimum atomic E-state index is -3.11. The lowest BCUT2D eigenvalue weighted by molar-refractivity contribution is -0.122. The van der Waals surface area contributed by atoms with E-state index in [9.17, 15) is 13.6 Å². The van der Waals surface area contributed by atoms with Gasteiger partial charge in [-0.05, 0) is 24.3 Å². The molecule has 0 saturated heterocycles. The van der Waals surface area contributed by atoms with Crippen molar-refractivity contribution in [1.82, 2.24) is 15.5 Å². The Bertz CT molecular complexity index is 665. The highest BCUT2D eigenvalue weighted by Crippen LogP contribution is 2.19. The SMILES string of the molecule is Cl.NCC(F)(F)CNC(=O)CCc1nc(-c2ccc(Cl)cc2)no1. The molecule has 6 nitrogen and oxygen atoms in total. The van der Waals surface area contributed by atoms with E-state index in [-0.39, 0.29) is 31.1 Å². The number of carbonyl (C=O) groups excluding carboxylic acids is 1. The van der Waals surface area contributed by atoms with Crippen LogP contribution in [0.4, 0.5) is 8.78 Å². The van der Waals surface area contributed by atoms with Crippen LogP contribution in [-0.4, -0.2) is 35.1 Å². The number of benzene rings is 1. The summed E-state index contributed by atoms with van der Waals surface area (Å²) in [6.07, 6.45) is 0.115. The Hall–Kier alpha value is -1.77. The van der Waals surface area contributed by atoms with Crippen LogP contribution in [0.25, 0.3) is 11.4 Å². The Balaban J connectivity index is 0.00000288. The van der Waals surface area contributed by atoms with Crippen LogP contribution in [0.1, 0.15) is 12.3 Å². The molecule has 10 heteroatoms. The van der Waals surface area contributed by atoms with Crippen LogP contribution >= 0.6 is 24.0 Å². The number of nitrogens with one attached hydrogen (secondary N) is 1. The summed E-state index contributed by atoms with van der Waals surface area (Å²) < 4.78 is 30.8. The third kappa shape index (κ3) is 6.03. The highest BCUT2D eigenvalue weighted by atomic mass is 35.5. The van der Waals surface area contributed by atoms with Gasteiger partial charge in [-0.15, -0.1) is 12.4 Å². The standard InChI is InChI=1S/C14H15ClF2N4O2.ClH/c15-10-3-1-9(2-4-10)13-20-12(23-21-13)6-5-11(22)19-8-14(16,17)7-18;/h1-4H,5-8,18H2,(H,19,22);1H. The van der Waals surface area contributed by atoms with E-state index in [0.29, 0.717) is 10.8 Å². The Labute approximate surface area is 148 Å². The maximum Gasteiger partial charge on any atom is 0.277 e. The summed E-state index contributed by atoms with van der Waals surface area (Å²) in [6, 6.07) is 6.85. The molecule has 0 atom stereocenters. The van der Waals surface area contributed by atoms with E-state index in [2.05, 4.69) is 15.5 Å². The molecule has 0 unspecified atom stereocenters. The largest absolute Gasteiger partial charge is 0.350 e. The molecule has 0 saturated carbocycles. The maximum absolute atomic E-state index is 12.9. The van der Waals surface area contributed by atoms with Gasteiger partial charge in [0.15, 0.2) is 0 Å². The monoisotopic (exact) mass is 380 g/mol. The van der Waals surface area contributed by atoms with Crippen molar-refractivity contribution in [2.45, 2.75) is 18.8 Å². The summed E-state index contributed by atoms with van der Waals surface area (Å²) in [5.74, 6) is -3.03. The molecule has 0 aliphatic rings. The van der Waals surface area contributed by atoms with E-state index in [1.165, 1.54) is 0 Å². The number of aryl methyl sites for hydroxylation is 1. The Morgan fingerprint density at radius 1 is 1.33 bits per heavy atom. The van der Waals surface area contributed by atoms with Gasteiger partial charge in [0.1, 0.15) is 0 Å². The third-order valence-electron chi connectivity index (χ3n) is 2.98. The first-order valence-corrected chi connectivity index (χ1v) is 7.20. The van der Waals surface area contributed by atoms with Crippen molar-refractivity contribution < 1.29 is 18.1 Å². The van der Waals surface area contributed by atoms with Crippen molar-refractivity contribution in [1.29, 1.82) is 0 Å². The molecule has 0 fully saturated rings. The fourth-order valence-corrected chi connectivity index (χ4v) is 1.81. The second-order valence-electron chi connectivity index (χ2n) is 4.86. The van der Waals surface area contributed by atoms with Gasteiger partial charge in [-0.25, -0.2) is 8.78 Å². The first-order chi connectivity index (χ1) is 10.9. The van der Waals surface area contributed by atoms with Crippen molar-refractivity contribution in [3.63, 3.8) is 0 Å². The van der Waals surface area contributed by atoms with E-state index < -0.39 is 24.9 Å². The molecule has 24 heavy (non-hydrogen) atoms. The highest BCUT2D eigenvalue weighted by Gasteiger charge is 2.27. The molecule has 0 aliphatic carbocycles. The molecule has 1 heterocycles. The number of amides is 1. The lowest BCUT2D eigenvalue weighted by Crippen LogP contribution is -2.41. The number of hydrogen-bond donors (Lipinski definition) is 2. The predicted molar refractivity (Wildman–Crippen MR) is 87.3 cm³/mol. The Morgan fingerprint density at radius 2 is 2.00 bits per heavy atom. The minimum absolute atomic E-state index is 0. The molecular formula is C14H16Cl2F2N4O2. The minimum Gasteiger partial charge on any atom is -0.350 e. The van der Waals surface area contributed by atoms with Crippen molar-refractivity contribution in [2.24, 2.45) is 5.73 Å². The number of alkyl halides is 2. The quantitative estimate of drug-likeness (QED) is 0.769. The van der Waals surface area contributed by atoms with Gasteiger partial charge in [0, 0.05) is 23.4 Å². The third-order valence-corrected chi connectivity index (χ3v) is 3.23. The number of aromatic nitrogens is 2. The van der Waals surface area contributed by atoms with Gasteiger partial charge in [-0.1, -0.05) is 16.8 Å². The molecule has 1 aromatic heterocycles. The number of halogens is 4. The van der Waals surface area contributed by atoms with Crippen molar-refractivity contribution >= 4 is 29.9 Å². The Kier molecular flexibility index (Phi) is 7.53. The van der Waals surface area contributed by atoms with Crippen LogP contribution < -0.4 is 11.1 Å². The van der Waals surface area contributed by atoms with Gasteiger partial charge < -0.3 is 15.6 Å². The van der Waals surface area contributed by atoms with Gasteiger partial charge in [0.05, 0.1) is 13.1 Å². The summed E-state index contributed by atoms with van der Waals surface area (Å²) in [5.41, 5.74) is 5.60. The summed E-state index contributed by atoms with van der Waals surface area (Å²) >= 11 is 5.79. The average Bonchev–Trinajstić information content (AvgIpc) is 3.01. The van der Waals surface area contributed by atoms with E-state index in [1.54, 1.807) is 24.3 Å². The van der Waals surface area contributed by atoms with Crippen LogP contribution in [0, 0.1) is 0 Å². The highest BCUT2D eigenvalue weighted by molar-refractivity contribution is 6.30. The number of hydrogen-bond acceptors (Lipinski definition) is 5. The van der Waals surface area contributed by atoms with E-state index in [4.69, 9.17) is 21.9 Å². The molecule has 0 aliphatic heterocycles. The molecule has 3 N–H and O–H groups in total. The second-order valence-corrected chi connectivity index (χ2v) is 5.29. The summed E-state index contributed by atoms with van der Waals surface area (Å²) in [4.78, 5) is 15.6. The van der Waals surface area contributed by atoms with E-state index in [0.717, 1.165) is 5.56 Å². The fourth-order valence-electron chi connectivity index (χ4n) is 1.68. The van der Waals surface area contributed by atoms with Gasteiger partial charge in [0.2, 0.25) is 17.6 Å². The lowest BCUT2D eigenvalue weighted by atomic mass is 10.2. The Morgan fingerprint density at radius 3 is 2.62 bits per heavy atom. The lowest BCUT2D eigenvalue weighted by Gasteiger charge is -2.14. The summed E-state index contributed by atoms with van der Waals surface area (Å²) in [7, 11) is 0. The summed E-state index contributed by atoms with van der Waals surface area (Å²) in [6.45, 7) is -1.61. The normalized spacial score (nSPS) is 11.0. The van der Waals surface area contributed by atoms with Crippen molar-refractivity contribution in [2.75, 3.05) is 13.1 Å². The van der Waals surface area contributed by atoms with E-state index in [1.807, 2.05) is 0 Å². The molecular weight excluding hydrogens is 365 g/mol. The average molecular weight is 381 g/mol. The smallest absolute Gasteiger partial charge is 0.277 e. The van der Waals surface area contributed by atoms with Crippen LogP contribution in [0.5, 0.6) is 0 Å². The number of nitrogens with two attached hydrogens (primary N) is 1. The van der Waals surface area contributed by atoms with E-state index >= 15 is 0 Å². The summed E-state index contributed by atoms with van der Waals surface area (Å²) in [5, 5.41) is 6.50. The van der Waals surface area contributed by atoms with Gasteiger partial charge >= 0.3 is 0 Å². The molecule has 0 radical (unpaired) electrons. The number of carbonyl (C=O) groups is 1. The number of nitrogens with zero attached hydrogens (tertiary/aromatic N) is 2. The predicted octanol–water partition coefficient (Wildman–Crippen LogP) is 2.45. The molecule has 1 amide bonds. The topological polar surface area (TPSA) is 94.0 Å². The molecule has 2 rings (SSSR count). The first kappa shape index (κ1) is 20.3. The maximum atomic E-state index is 12.9. The van der Waals surface area contributed by atoms with Gasteiger partial charge in [0.25, 0.3) is 5.92 Å². The van der Waals surface area contributed by atoms with Crippen LogP contribution in [0.15, 0.2) is 28.8 Å². The van der Waals surface area contributed by atoms with Gasteiger partial charge in [-0.3, -0.25) is 4.79 Å². The van der Waals surface area contributed by atoms with Crippen LogP contribution in [0.2, 0.25) is 5.02 Å².